The lowest BCUT2D eigenvalue weighted by molar-refractivity contribution is -0.115. The summed E-state index contributed by atoms with van der Waals surface area (Å²) in [6, 6.07) is 8.84. The van der Waals surface area contributed by atoms with Gasteiger partial charge >= 0.3 is 0 Å². The highest BCUT2D eigenvalue weighted by Gasteiger charge is 2.07. The minimum Gasteiger partial charge on any atom is -0.310 e. The molecule has 92 valence electrons. The summed E-state index contributed by atoms with van der Waals surface area (Å²) in [7, 11) is 0. The third-order valence-corrected chi connectivity index (χ3v) is 2.64. The molecule has 0 atom stereocenters. The SMILES string of the molecule is Cc1cccnc1CC(=O)Nc1cccc(Cl)n1. The van der Waals surface area contributed by atoms with Crippen LogP contribution in [0.2, 0.25) is 5.15 Å². The molecule has 0 fully saturated rings. The van der Waals surface area contributed by atoms with Crippen molar-refractivity contribution >= 4 is 23.3 Å². The topological polar surface area (TPSA) is 54.9 Å². The molecular weight excluding hydrogens is 250 g/mol. The van der Waals surface area contributed by atoms with Gasteiger partial charge in [-0.05, 0) is 30.7 Å². The van der Waals surface area contributed by atoms with Gasteiger partial charge in [-0.1, -0.05) is 23.7 Å². The number of hydrogen-bond donors (Lipinski definition) is 1. The fourth-order valence-corrected chi connectivity index (χ4v) is 1.68. The molecule has 2 rings (SSSR count). The molecule has 4 nitrogen and oxygen atoms in total. The summed E-state index contributed by atoms with van der Waals surface area (Å²) < 4.78 is 0. The van der Waals surface area contributed by atoms with E-state index in [4.69, 9.17) is 11.6 Å². The Bertz CT molecular complexity index is 572. The van der Waals surface area contributed by atoms with E-state index in [1.165, 1.54) is 0 Å². The lowest BCUT2D eigenvalue weighted by atomic mass is 10.1. The summed E-state index contributed by atoms with van der Waals surface area (Å²) in [6.45, 7) is 1.92. The number of carbonyl (C=O) groups is 1. The third kappa shape index (κ3) is 3.28. The van der Waals surface area contributed by atoms with Crippen LogP contribution in [0.3, 0.4) is 0 Å². The van der Waals surface area contributed by atoms with E-state index in [1.54, 1.807) is 24.4 Å². The molecule has 1 N–H and O–H groups in total. The van der Waals surface area contributed by atoms with E-state index in [0.717, 1.165) is 11.3 Å². The molecule has 0 spiro atoms. The van der Waals surface area contributed by atoms with Crippen LogP contribution in [-0.4, -0.2) is 15.9 Å². The van der Waals surface area contributed by atoms with E-state index < -0.39 is 0 Å². The molecule has 0 aliphatic carbocycles. The Hall–Kier alpha value is -1.94. The first kappa shape index (κ1) is 12.5. The fraction of sp³-hybridized carbons (Fsp3) is 0.154. The Morgan fingerprint density at radius 2 is 2.17 bits per heavy atom. The van der Waals surface area contributed by atoms with Crippen molar-refractivity contribution in [3.05, 3.63) is 52.9 Å². The molecule has 0 radical (unpaired) electrons. The number of hydrogen-bond acceptors (Lipinski definition) is 3. The molecule has 0 aromatic carbocycles. The number of rotatable bonds is 3. The van der Waals surface area contributed by atoms with E-state index in [2.05, 4.69) is 15.3 Å². The van der Waals surface area contributed by atoms with Crippen LogP contribution < -0.4 is 5.32 Å². The van der Waals surface area contributed by atoms with Crippen molar-refractivity contribution in [1.29, 1.82) is 0 Å². The number of nitrogens with one attached hydrogen (secondary N) is 1. The Morgan fingerprint density at radius 1 is 1.33 bits per heavy atom. The van der Waals surface area contributed by atoms with Gasteiger partial charge in [-0.3, -0.25) is 9.78 Å². The van der Waals surface area contributed by atoms with Crippen LogP contribution >= 0.6 is 11.6 Å². The first-order valence-electron chi connectivity index (χ1n) is 5.48. The van der Waals surface area contributed by atoms with Crippen LogP contribution in [0, 0.1) is 6.92 Å². The van der Waals surface area contributed by atoms with Crippen molar-refractivity contribution in [2.75, 3.05) is 5.32 Å². The van der Waals surface area contributed by atoms with Gasteiger partial charge in [-0.25, -0.2) is 4.98 Å². The number of pyridine rings is 2. The summed E-state index contributed by atoms with van der Waals surface area (Å²) in [5, 5.41) is 3.03. The number of aromatic nitrogens is 2. The summed E-state index contributed by atoms with van der Waals surface area (Å²) in [6.07, 6.45) is 1.90. The van der Waals surface area contributed by atoms with Gasteiger partial charge in [0.1, 0.15) is 11.0 Å². The Morgan fingerprint density at radius 3 is 2.89 bits per heavy atom. The zero-order chi connectivity index (χ0) is 13.0. The molecule has 0 unspecified atom stereocenters. The van der Waals surface area contributed by atoms with Gasteiger partial charge in [0.25, 0.3) is 0 Å². The minimum atomic E-state index is -0.161. The number of nitrogens with zero attached hydrogens (tertiary/aromatic N) is 2. The zero-order valence-corrected chi connectivity index (χ0v) is 10.6. The average Bonchev–Trinajstić information content (AvgIpc) is 2.32. The fourth-order valence-electron chi connectivity index (χ4n) is 1.52. The molecule has 18 heavy (non-hydrogen) atoms. The van der Waals surface area contributed by atoms with E-state index in [-0.39, 0.29) is 12.3 Å². The summed E-state index contributed by atoms with van der Waals surface area (Å²) in [4.78, 5) is 20.0. The van der Waals surface area contributed by atoms with Crippen LogP contribution in [0.4, 0.5) is 5.82 Å². The van der Waals surface area contributed by atoms with Gasteiger partial charge in [0, 0.05) is 6.20 Å². The molecule has 5 heteroatoms. The monoisotopic (exact) mass is 261 g/mol. The van der Waals surface area contributed by atoms with Crippen LogP contribution in [0.15, 0.2) is 36.5 Å². The van der Waals surface area contributed by atoms with Crippen LogP contribution in [0.1, 0.15) is 11.3 Å². The van der Waals surface area contributed by atoms with E-state index in [1.807, 2.05) is 19.1 Å². The van der Waals surface area contributed by atoms with Crippen molar-refractivity contribution in [3.8, 4) is 0 Å². The molecule has 0 bridgehead atoms. The summed E-state index contributed by atoms with van der Waals surface area (Å²) >= 11 is 5.74. The maximum atomic E-state index is 11.8. The number of aryl methyl sites for hydroxylation is 1. The van der Waals surface area contributed by atoms with Crippen LogP contribution in [0.25, 0.3) is 0 Å². The molecule has 0 aliphatic heterocycles. The van der Waals surface area contributed by atoms with E-state index >= 15 is 0 Å². The molecular formula is C13H12ClN3O. The minimum absolute atomic E-state index is 0.161. The second-order valence-corrected chi connectivity index (χ2v) is 4.22. The van der Waals surface area contributed by atoms with Crippen molar-refractivity contribution in [2.45, 2.75) is 13.3 Å². The zero-order valence-electron chi connectivity index (χ0n) is 9.85. The Kier molecular flexibility index (Phi) is 3.89. The van der Waals surface area contributed by atoms with E-state index in [9.17, 15) is 4.79 Å². The van der Waals surface area contributed by atoms with Gasteiger partial charge in [0.15, 0.2) is 0 Å². The Balaban J connectivity index is 2.03. The normalized spacial score (nSPS) is 10.1. The second-order valence-electron chi connectivity index (χ2n) is 3.84. The first-order chi connectivity index (χ1) is 8.65. The quantitative estimate of drug-likeness (QED) is 0.864. The molecule has 2 aromatic rings. The van der Waals surface area contributed by atoms with Crippen molar-refractivity contribution in [3.63, 3.8) is 0 Å². The lowest BCUT2D eigenvalue weighted by Crippen LogP contribution is -2.16. The van der Waals surface area contributed by atoms with Crippen LogP contribution in [-0.2, 0) is 11.2 Å². The average molecular weight is 262 g/mol. The van der Waals surface area contributed by atoms with Crippen molar-refractivity contribution < 1.29 is 4.79 Å². The molecule has 0 aliphatic rings. The third-order valence-electron chi connectivity index (χ3n) is 2.43. The van der Waals surface area contributed by atoms with Gasteiger partial charge in [0.2, 0.25) is 5.91 Å². The first-order valence-corrected chi connectivity index (χ1v) is 5.86. The van der Waals surface area contributed by atoms with Crippen molar-refractivity contribution in [1.82, 2.24) is 9.97 Å². The number of anilines is 1. The predicted molar refractivity (Wildman–Crippen MR) is 70.6 cm³/mol. The highest BCUT2D eigenvalue weighted by Crippen LogP contribution is 2.10. The van der Waals surface area contributed by atoms with Crippen LogP contribution in [0.5, 0.6) is 0 Å². The number of carbonyl (C=O) groups excluding carboxylic acids is 1. The molecule has 1 amide bonds. The predicted octanol–water partition coefficient (Wildman–Crippen LogP) is 2.62. The smallest absolute Gasteiger partial charge is 0.231 e. The van der Waals surface area contributed by atoms with Gasteiger partial charge in [-0.15, -0.1) is 0 Å². The maximum Gasteiger partial charge on any atom is 0.231 e. The summed E-state index contributed by atoms with van der Waals surface area (Å²) in [5.41, 5.74) is 1.75. The lowest BCUT2D eigenvalue weighted by Gasteiger charge is -2.06. The van der Waals surface area contributed by atoms with Gasteiger partial charge in [0.05, 0.1) is 12.1 Å². The molecule has 2 heterocycles. The molecule has 2 aromatic heterocycles. The van der Waals surface area contributed by atoms with Gasteiger partial charge in [-0.2, -0.15) is 0 Å². The standard InChI is InChI=1S/C13H12ClN3O/c1-9-4-3-7-15-10(9)8-13(18)17-12-6-2-5-11(14)16-12/h2-7H,8H2,1H3,(H,16,17,18). The number of amides is 1. The molecule has 0 saturated heterocycles. The summed E-state index contributed by atoms with van der Waals surface area (Å²) in [5.74, 6) is 0.285. The van der Waals surface area contributed by atoms with Gasteiger partial charge < -0.3 is 5.32 Å². The molecule has 0 saturated carbocycles. The number of halogens is 1. The van der Waals surface area contributed by atoms with E-state index in [0.29, 0.717) is 11.0 Å². The highest BCUT2D eigenvalue weighted by atomic mass is 35.5. The second kappa shape index (κ2) is 5.60. The highest BCUT2D eigenvalue weighted by molar-refractivity contribution is 6.29. The maximum absolute atomic E-state index is 11.8. The largest absolute Gasteiger partial charge is 0.310 e. The Labute approximate surface area is 110 Å². The van der Waals surface area contributed by atoms with Crippen molar-refractivity contribution in [2.24, 2.45) is 0 Å².